The number of aliphatic hydroxyl groups excluding tert-OH is 2. The number of hydrogen-bond donors (Lipinski definition) is 2. The molecule has 140 valence electrons. The summed E-state index contributed by atoms with van der Waals surface area (Å²) in [5, 5.41) is 20.3. The van der Waals surface area contributed by atoms with Crippen LogP contribution in [0.1, 0.15) is 26.3 Å². The predicted molar refractivity (Wildman–Crippen MR) is 88.6 cm³/mol. The Morgan fingerprint density at radius 3 is 2.56 bits per heavy atom. The lowest BCUT2D eigenvalue weighted by Crippen LogP contribution is -2.48. The first-order chi connectivity index (χ1) is 11.8. The Bertz CT molecular complexity index is 546. The van der Waals surface area contributed by atoms with Crippen LogP contribution in [0.25, 0.3) is 0 Å². The van der Waals surface area contributed by atoms with Crippen LogP contribution in [0.15, 0.2) is 30.3 Å². The van der Waals surface area contributed by atoms with E-state index in [1.165, 1.54) is 0 Å². The van der Waals surface area contributed by atoms with Crippen LogP contribution in [-0.4, -0.2) is 59.6 Å². The minimum absolute atomic E-state index is 0.111. The van der Waals surface area contributed by atoms with Crippen molar-refractivity contribution in [3.05, 3.63) is 35.9 Å². The van der Waals surface area contributed by atoms with E-state index in [1.807, 2.05) is 30.3 Å². The molecule has 0 amide bonds. The van der Waals surface area contributed by atoms with Crippen LogP contribution in [0, 0.1) is 0 Å². The van der Waals surface area contributed by atoms with Gasteiger partial charge in [0, 0.05) is 0 Å². The Kier molecular flexibility index (Phi) is 6.92. The van der Waals surface area contributed by atoms with Crippen molar-refractivity contribution in [2.45, 2.75) is 57.6 Å². The van der Waals surface area contributed by atoms with Crippen LogP contribution in [0.3, 0.4) is 0 Å². The average molecular weight is 354 g/mol. The second-order valence-electron chi connectivity index (χ2n) is 6.33. The SMILES string of the molecule is CCOC(=O)[C@@H](O)[C@H](O)[C@@H]1OC(C)(C)O[C@H]1COCc1ccccc1. The van der Waals surface area contributed by atoms with Crippen molar-refractivity contribution in [2.75, 3.05) is 13.2 Å². The number of esters is 1. The first-order valence-electron chi connectivity index (χ1n) is 8.34. The number of benzene rings is 1. The van der Waals surface area contributed by atoms with Gasteiger partial charge >= 0.3 is 5.97 Å². The molecule has 0 bridgehead atoms. The van der Waals surface area contributed by atoms with Gasteiger partial charge in [0.2, 0.25) is 0 Å². The molecule has 1 aromatic carbocycles. The number of ether oxygens (including phenoxy) is 4. The highest BCUT2D eigenvalue weighted by molar-refractivity contribution is 5.75. The van der Waals surface area contributed by atoms with Crippen molar-refractivity contribution in [3.63, 3.8) is 0 Å². The zero-order valence-electron chi connectivity index (χ0n) is 14.8. The van der Waals surface area contributed by atoms with Crippen molar-refractivity contribution in [2.24, 2.45) is 0 Å². The molecule has 1 aromatic rings. The molecule has 1 heterocycles. The summed E-state index contributed by atoms with van der Waals surface area (Å²) in [4.78, 5) is 11.6. The van der Waals surface area contributed by atoms with E-state index in [2.05, 4.69) is 0 Å². The van der Waals surface area contributed by atoms with Gasteiger partial charge in [-0.05, 0) is 26.3 Å². The molecule has 25 heavy (non-hydrogen) atoms. The van der Waals surface area contributed by atoms with Gasteiger partial charge in [0.05, 0.1) is 19.8 Å². The van der Waals surface area contributed by atoms with Crippen LogP contribution in [0.4, 0.5) is 0 Å². The number of carbonyl (C=O) groups is 1. The lowest BCUT2D eigenvalue weighted by atomic mass is 10.0. The number of rotatable bonds is 8. The molecule has 4 atom stereocenters. The van der Waals surface area contributed by atoms with E-state index >= 15 is 0 Å². The molecule has 0 saturated carbocycles. The van der Waals surface area contributed by atoms with Crippen molar-refractivity contribution >= 4 is 5.97 Å². The third-order valence-electron chi connectivity index (χ3n) is 3.80. The van der Waals surface area contributed by atoms with Crippen LogP contribution < -0.4 is 0 Å². The van der Waals surface area contributed by atoms with Crippen molar-refractivity contribution in [3.8, 4) is 0 Å². The largest absolute Gasteiger partial charge is 0.464 e. The van der Waals surface area contributed by atoms with E-state index in [4.69, 9.17) is 18.9 Å². The normalized spacial score (nSPS) is 24.7. The fraction of sp³-hybridized carbons (Fsp3) is 0.611. The maximum absolute atomic E-state index is 11.6. The summed E-state index contributed by atoms with van der Waals surface area (Å²) in [7, 11) is 0. The van der Waals surface area contributed by atoms with Gasteiger partial charge in [0.15, 0.2) is 11.9 Å². The first-order valence-corrected chi connectivity index (χ1v) is 8.34. The smallest absolute Gasteiger partial charge is 0.337 e. The van der Waals surface area contributed by atoms with Gasteiger partial charge in [-0.2, -0.15) is 0 Å². The lowest BCUT2D eigenvalue weighted by Gasteiger charge is -2.25. The van der Waals surface area contributed by atoms with Gasteiger partial charge in [-0.3, -0.25) is 0 Å². The molecule has 0 aromatic heterocycles. The minimum Gasteiger partial charge on any atom is -0.464 e. The topological polar surface area (TPSA) is 94.5 Å². The van der Waals surface area contributed by atoms with E-state index in [-0.39, 0.29) is 13.2 Å². The molecule has 0 aliphatic carbocycles. The zero-order chi connectivity index (χ0) is 18.4. The molecule has 0 spiro atoms. The molecule has 1 aliphatic heterocycles. The molecule has 7 heteroatoms. The maximum atomic E-state index is 11.6. The Morgan fingerprint density at radius 2 is 1.92 bits per heavy atom. The maximum Gasteiger partial charge on any atom is 0.337 e. The third kappa shape index (κ3) is 5.49. The number of carbonyl (C=O) groups excluding carboxylic acids is 1. The molecule has 0 unspecified atom stereocenters. The molecule has 2 N–H and O–H groups in total. The van der Waals surface area contributed by atoms with Gasteiger partial charge in [-0.25, -0.2) is 4.79 Å². The fourth-order valence-corrected chi connectivity index (χ4v) is 2.70. The molecular weight excluding hydrogens is 328 g/mol. The Hall–Kier alpha value is -1.51. The molecular formula is C18H26O7. The fourth-order valence-electron chi connectivity index (χ4n) is 2.70. The van der Waals surface area contributed by atoms with Crippen LogP contribution in [-0.2, 0) is 30.3 Å². The molecule has 7 nitrogen and oxygen atoms in total. The molecule has 1 fully saturated rings. The highest BCUT2D eigenvalue weighted by Gasteiger charge is 2.48. The second kappa shape index (κ2) is 8.73. The summed E-state index contributed by atoms with van der Waals surface area (Å²) in [6, 6.07) is 9.63. The van der Waals surface area contributed by atoms with Crippen LogP contribution in [0.5, 0.6) is 0 Å². The van der Waals surface area contributed by atoms with Gasteiger partial charge in [0.1, 0.15) is 18.3 Å². The van der Waals surface area contributed by atoms with Gasteiger partial charge in [-0.1, -0.05) is 30.3 Å². The van der Waals surface area contributed by atoms with E-state index in [9.17, 15) is 15.0 Å². The number of hydrogen-bond acceptors (Lipinski definition) is 7. The summed E-state index contributed by atoms with van der Waals surface area (Å²) >= 11 is 0. The monoisotopic (exact) mass is 354 g/mol. The number of aliphatic hydroxyl groups is 2. The van der Waals surface area contributed by atoms with Crippen LogP contribution in [0.2, 0.25) is 0 Å². The predicted octanol–water partition coefficient (Wildman–Crippen LogP) is 1.01. The lowest BCUT2D eigenvalue weighted by molar-refractivity contribution is -0.177. The highest BCUT2D eigenvalue weighted by atomic mass is 16.8. The summed E-state index contributed by atoms with van der Waals surface area (Å²) in [5.74, 6) is -1.85. The van der Waals surface area contributed by atoms with Gasteiger partial charge < -0.3 is 29.2 Å². The van der Waals surface area contributed by atoms with E-state index < -0.39 is 36.2 Å². The summed E-state index contributed by atoms with van der Waals surface area (Å²) in [6.07, 6.45) is -4.73. The molecule has 1 saturated heterocycles. The van der Waals surface area contributed by atoms with E-state index in [0.717, 1.165) is 5.56 Å². The Balaban J connectivity index is 1.95. The van der Waals surface area contributed by atoms with Gasteiger partial charge in [-0.15, -0.1) is 0 Å². The molecule has 0 radical (unpaired) electrons. The summed E-state index contributed by atoms with van der Waals surface area (Å²) in [5.41, 5.74) is 1.00. The van der Waals surface area contributed by atoms with Crippen molar-refractivity contribution in [1.29, 1.82) is 0 Å². The first kappa shape index (κ1) is 19.8. The second-order valence-corrected chi connectivity index (χ2v) is 6.33. The van der Waals surface area contributed by atoms with Gasteiger partial charge in [0.25, 0.3) is 0 Å². The highest BCUT2D eigenvalue weighted by Crippen LogP contribution is 2.31. The molecule has 1 aliphatic rings. The Labute approximate surface area is 147 Å². The zero-order valence-corrected chi connectivity index (χ0v) is 14.8. The standard InChI is InChI=1S/C18H26O7/c1-4-23-17(21)15(20)14(19)16-13(24-18(2,3)25-16)11-22-10-12-8-6-5-7-9-12/h5-9,13-16,19-20H,4,10-11H2,1-3H3/t13-,14-,15-,16+/m0/s1. The minimum atomic E-state index is -1.71. The quantitative estimate of drug-likeness (QED) is 0.673. The van der Waals surface area contributed by atoms with E-state index in [1.54, 1.807) is 20.8 Å². The molecule has 2 rings (SSSR count). The van der Waals surface area contributed by atoms with Crippen LogP contribution >= 0.6 is 0 Å². The summed E-state index contributed by atoms with van der Waals surface area (Å²) in [6.45, 7) is 5.65. The summed E-state index contributed by atoms with van der Waals surface area (Å²) < 4.78 is 21.8. The van der Waals surface area contributed by atoms with E-state index in [0.29, 0.717) is 6.61 Å². The van der Waals surface area contributed by atoms with Crippen molar-refractivity contribution < 1.29 is 34.0 Å². The average Bonchev–Trinajstić information content (AvgIpc) is 2.89. The third-order valence-corrected chi connectivity index (χ3v) is 3.80. The Morgan fingerprint density at radius 1 is 1.24 bits per heavy atom. The van der Waals surface area contributed by atoms with Crippen molar-refractivity contribution in [1.82, 2.24) is 0 Å².